The lowest BCUT2D eigenvalue weighted by molar-refractivity contribution is -0.149. The van der Waals surface area contributed by atoms with E-state index in [9.17, 15) is 14.4 Å². The zero-order valence-corrected chi connectivity index (χ0v) is 20.8. The van der Waals surface area contributed by atoms with E-state index in [-0.39, 0.29) is 23.8 Å². The first-order chi connectivity index (χ1) is 16.5. The smallest absolute Gasteiger partial charge is 0.408 e. The summed E-state index contributed by atoms with van der Waals surface area (Å²) >= 11 is 0. The summed E-state index contributed by atoms with van der Waals surface area (Å²) in [5.74, 6) is -0.0132. The van der Waals surface area contributed by atoms with Gasteiger partial charge in [-0.3, -0.25) is 9.36 Å². The summed E-state index contributed by atoms with van der Waals surface area (Å²) in [5, 5.41) is 2.96. The number of rotatable bonds is 7. The Balaban J connectivity index is 2.09. The van der Waals surface area contributed by atoms with Crippen LogP contribution < -0.4 is 15.6 Å². The highest BCUT2D eigenvalue weighted by atomic mass is 16.6. The number of ether oxygens (including phenoxy) is 3. The van der Waals surface area contributed by atoms with Crippen LogP contribution in [-0.4, -0.2) is 39.9 Å². The van der Waals surface area contributed by atoms with Gasteiger partial charge in [0.1, 0.15) is 22.6 Å². The number of aromatic nitrogens is 2. The van der Waals surface area contributed by atoms with Crippen LogP contribution in [0.4, 0.5) is 4.79 Å². The minimum absolute atomic E-state index is 0.210. The molecule has 0 fully saturated rings. The van der Waals surface area contributed by atoms with Crippen LogP contribution >= 0.6 is 0 Å². The van der Waals surface area contributed by atoms with Crippen LogP contribution in [-0.2, 0) is 14.3 Å². The first-order valence-corrected chi connectivity index (χ1v) is 11.4. The molecule has 3 rings (SSSR count). The average Bonchev–Trinajstić information content (AvgIpc) is 2.76. The van der Waals surface area contributed by atoms with Crippen molar-refractivity contribution in [2.45, 2.75) is 59.3 Å². The predicted molar refractivity (Wildman–Crippen MR) is 132 cm³/mol. The fraction of sp³-hybridized carbons (Fsp3) is 0.385. The van der Waals surface area contributed by atoms with Gasteiger partial charge >= 0.3 is 12.1 Å². The molecular weight excluding hydrogens is 450 g/mol. The largest absolute Gasteiger partial charge is 0.481 e. The maximum Gasteiger partial charge on any atom is 0.408 e. The van der Waals surface area contributed by atoms with Crippen LogP contribution in [0.2, 0.25) is 0 Å². The molecular formula is C26H31N3O6. The molecule has 0 saturated carbocycles. The van der Waals surface area contributed by atoms with Crippen molar-refractivity contribution in [1.82, 2.24) is 14.9 Å². The third-order valence-corrected chi connectivity index (χ3v) is 4.73. The van der Waals surface area contributed by atoms with Crippen LogP contribution in [0.25, 0.3) is 16.6 Å². The molecule has 2 aromatic carbocycles. The first kappa shape index (κ1) is 25.7. The summed E-state index contributed by atoms with van der Waals surface area (Å²) in [5.41, 5.74) is -0.150. The van der Waals surface area contributed by atoms with E-state index in [1.54, 1.807) is 84.0 Å². The minimum atomic E-state index is -0.678. The molecule has 0 spiro atoms. The number of benzene rings is 2. The zero-order chi connectivity index (χ0) is 25.8. The van der Waals surface area contributed by atoms with Gasteiger partial charge < -0.3 is 19.5 Å². The standard InChI is InChI=1S/C26H31N3O6/c1-16(2)34-21(30)15-33-20-14-10-13-19-22(20)24(31)29(18-11-8-7-9-12-18)23(28-19)17(3)27-25(32)35-26(4,5)6/h7-14,16-17H,15H2,1-6H3,(H,27,32)/t17-/m0/s1. The molecule has 9 nitrogen and oxygen atoms in total. The van der Waals surface area contributed by atoms with Gasteiger partial charge in [0, 0.05) is 0 Å². The van der Waals surface area contributed by atoms with Crippen molar-refractivity contribution in [2.75, 3.05) is 6.61 Å². The highest BCUT2D eigenvalue weighted by molar-refractivity contribution is 5.85. The predicted octanol–water partition coefficient (Wildman–Crippen LogP) is 4.30. The first-order valence-electron chi connectivity index (χ1n) is 11.4. The normalized spacial score (nSPS) is 12.3. The molecule has 0 saturated heterocycles. The van der Waals surface area contributed by atoms with Gasteiger partial charge in [-0.05, 0) is 65.8 Å². The SMILES string of the molecule is CC(C)OC(=O)COc1cccc2nc([C@H](C)NC(=O)OC(C)(C)C)n(-c3ccccc3)c(=O)c12. The molecule has 1 atom stereocenters. The quantitative estimate of drug-likeness (QED) is 0.501. The Hall–Kier alpha value is -3.88. The summed E-state index contributed by atoms with van der Waals surface area (Å²) in [6.45, 7) is 10.2. The Morgan fingerprint density at radius 3 is 2.34 bits per heavy atom. The second-order valence-corrected chi connectivity index (χ2v) is 9.29. The molecule has 9 heteroatoms. The highest BCUT2D eigenvalue weighted by Crippen LogP contribution is 2.25. The van der Waals surface area contributed by atoms with E-state index in [4.69, 9.17) is 19.2 Å². The number of amides is 1. The zero-order valence-electron chi connectivity index (χ0n) is 20.8. The van der Waals surface area contributed by atoms with Crippen LogP contribution in [0.15, 0.2) is 53.3 Å². The van der Waals surface area contributed by atoms with E-state index >= 15 is 0 Å². The monoisotopic (exact) mass is 481 g/mol. The lowest BCUT2D eigenvalue weighted by atomic mass is 10.2. The minimum Gasteiger partial charge on any atom is -0.481 e. The van der Waals surface area contributed by atoms with E-state index in [1.807, 2.05) is 6.07 Å². The van der Waals surface area contributed by atoms with Crippen molar-refractivity contribution in [2.24, 2.45) is 0 Å². The molecule has 0 radical (unpaired) electrons. The summed E-state index contributed by atoms with van der Waals surface area (Å²) in [6.07, 6.45) is -0.906. The number of nitrogens with zero attached hydrogens (tertiary/aromatic N) is 2. The van der Waals surface area contributed by atoms with E-state index in [1.165, 1.54) is 4.57 Å². The summed E-state index contributed by atoms with van der Waals surface area (Å²) in [6, 6.07) is 13.3. The molecule has 1 N–H and O–H groups in total. The topological polar surface area (TPSA) is 109 Å². The Kier molecular flexibility index (Phi) is 7.78. The number of nitrogens with one attached hydrogen (secondary N) is 1. The van der Waals surface area contributed by atoms with Gasteiger partial charge in [-0.1, -0.05) is 24.3 Å². The van der Waals surface area contributed by atoms with Gasteiger partial charge in [0.25, 0.3) is 5.56 Å². The highest BCUT2D eigenvalue weighted by Gasteiger charge is 2.24. The third kappa shape index (κ3) is 6.59. The van der Waals surface area contributed by atoms with E-state index in [2.05, 4.69) is 5.32 Å². The van der Waals surface area contributed by atoms with Crippen molar-refractivity contribution in [3.05, 3.63) is 64.7 Å². The number of fused-ring (bicyclic) bond motifs is 1. The van der Waals surface area contributed by atoms with Gasteiger partial charge in [-0.15, -0.1) is 0 Å². The lowest BCUT2D eigenvalue weighted by Gasteiger charge is -2.23. The second kappa shape index (κ2) is 10.6. The summed E-state index contributed by atoms with van der Waals surface area (Å²) in [4.78, 5) is 42.9. The van der Waals surface area contributed by atoms with Gasteiger partial charge in [-0.25, -0.2) is 14.6 Å². The fourth-order valence-electron chi connectivity index (χ4n) is 3.44. The van der Waals surface area contributed by atoms with Crippen molar-refractivity contribution in [3.8, 4) is 11.4 Å². The van der Waals surface area contributed by atoms with Gasteiger partial charge in [0.2, 0.25) is 0 Å². The van der Waals surface area contributed by atoms with Crippen LogP contribution in [0, 0.1) is 0 Å². The Morgan fingerprint density at radius 2 is 1.71 bits per heavy atom. The molecule has 0 aliphatic heterocycles. The Bertz CT molecular complexity index is 1260. The number of esters is 1. The molecule has 0 bridgehead atoms. The molecule has 1 aromatic heterocycles. The van der Waals surface area contributed by atoms with Crippen molar-refractivity contribution in [3.63, 3.8) is 0 Å². The van der Waals surface area contributed by atoms with Crippen LogP contribution in [0.1, 0.15) is 53.4 Å². The van der Waals surface area contributed by atoms with Gasteiger partial charge in [0.15, 0.2) is 6.61 Å². The second-order valence-electron chi connectivity index (χ2n) is 9.29. The third-order valence-electron chi connectivity index (χ3n) is 4.73. The van der Waals surface area contributed by atoms with Gasteiger partial charge in [0.05, 0.1) is 23.3 Å². The molecule has 1 amide bonds. The average molecular weight is 482 g/mol. The molecule has 3 aromatic rings. The van der Waals surface area contributed by atoms with Crippen molar-refractivity contribution in [1.29, 1.82) is 0 Å². The molecule has 1 heterocycles. The van der Waals surface area contributed by atoms with Crippen LogP contribution in [0.5, 0.6) is 5.75 Å². The lowest BCUT2D eigenvalue weighted by Crippen LogP contribution is -2.37. The number of carbonyl (C=O) groups is 2. The Labute approximate surface area is 204 Å². The maximum absolute atomic E-state index is 13.8. The molecule has 0 unspecified atom stereocenters. The number of alkyl carbamates (subject to hydrolysis) is 1. The number of para-hydroxylation sites is 1. The summed E-state index contributed by atoms with van der Waals surface area (Å²) in [7, 11) is 0. The number of hydrogen-bond acceptors (Lipinski definition) is 7. The fourth-order valence-corrected chi connectivity index (χ4v) is 3.44. The van der Waals surface area contributed by atoms with E-state index < -0.39 is 29.3 Å². The summed E-state index contributed by atoms with van der Waals surface area (Å²) < 4.78 is 17.6. The van der Waals surface area contributed by atoms with Crippen LogP contribution in [0.3, 0.4) is 0 Å². The van der Waals surface area contributed by atoms with E-state index in [0.717, 1.165) is 0 Å². The van der Waals surface area contributed by atoms with E-state index in [0.29, 0.717) is 17.0 Å². The Morgan fingerprint density at radius 1 is 1.03 bits per heavy atom. The van der Waals surface area contributed by atoms with Gasteiger partial charge in [-0.2, -0.15) is 0 Å². The molecule has 35 heavy (non-hydrogen) atoms. The van der Waals surface area contributed by atoms with Crippen molar-refractivity contribution >= 4 is 23.0 Å². The molecule has 0 aliphatic rings. The molecule has 0 aliphatic carbocycles. The number of carbonyl (C=O) groups excluding carboxylic acids is 2. The molecule has 186 valence electrons. The number of hydrogen-bond donors (Lipinski definition) is 1. The maximum atomic E-state index is 13.8. The van der Waals surface area contributed by atoms with Crippen molar-refractivity contribution < 1.29 is 23.8 Å².